The zero-order valence-electron chi connectivity index (χ0n) is 7.98. The van der Waals surface area contributed by atoms with Gasteiger partial charge in [-0.2, -0.15) is 5.10 Å². The van der Waals surface area contributed by atoms with Gasteiger partial charge in [0, 0.05) is 11.9 Å². The predicted octanol–water partition coefficient (Wildman–Crippen LogP) is 1.68. The van der Waals surface area contributed by atoms with E-state index >= 15 is 0 Å². The Morgan fingerprint density at radius 3 is 2.93 bits per heavy atom. The van der Waals surface area contributed by atoms with Crippen LogP contribution in [0.1, 0.15) is 5.69 Å². The number of hydrogen-bond acceptors (Lipinski definition) is 2. The molecule has 0 aliphatic heterocycles. The van der Waals surface area contributed by atoms with Crippen LogP contribution in [0.3, 0.4) is 0 Å². The van der Waals surface area contributed by atoms with Crippen LogP contribution in [-0.2, 0) is 13.1 Å². The van der Waals surface area contributed by atoms with Crippen LogP contribution in [0.25, 0.3) is 10.9 Å². The first-order chi connectivity index (χ1) is 6.86. The Balaban J connectivity index is 2.66. The van der Waals surface area contributed by atoms with Crippen molar-refractivity contribution in [1.82, 2.24) is 9.78 Å². The van der Waals surface area contributed by atoms with Gasteiger partial charge in [-0.3, -0.25) is 4.68 Å². The number of benzene rings is 1. The largest absolute Gasteiger partial charge is 0.325 e. The second kappa shape index (κ2) is 3.64. The number of rotatable bonds is 3. The van der Waals surface area contributed by atoms with E-state index < -0.39 is 0 Å². The zero-order chi connectivity index (χ0) is 9.97. The predicted molar refractivity (Wildman–Crippen MR) is 57.8 cm³/mol. The molecule has 0 saturated carbocycles. The highest BCUT2D eigenvalue weighted by Gasteiger charge is 2.06. The van der Waals surface area contributed by atoms with E-state index in [0.717, 1.165) is 23.1 Å². The average molecular weight is 187 g/mol. The summed E-state index contributed by atoms with van der Waals surface area (Å²) in [4.78, 5) is 0. The van der Waals surface area contributed by atoms with Gasteiger partial charge >= 0.3 is 0 Å². The van der Waals surface area contributed by atoms with Crippen molar-refractivity contribution in [3.05, 3.63) is 42.6 Å². The minimum atomic E-state index is 0.477. The second-order valence-electron chi connectivity index (χ2n) is 3.14. The van der Waals surface area contributed by atoms with Gasteiger partial charge in [0.1, 0.15) is 0 Å². The molecule has 1 aromatic heterocycles. The number of nitrogens with two attached hydrogens (primary N) is 1. The molecule has 0 saturated heterocycles. The summed E-state index contributed by atoms with van der Waals surface area (Å²) in [7, 11) is 0. The van der Waals surface area contributed by atoms with E-state index in [1.54, 1.807) is 0 Å². The van der Waals surface area contributed by atoms with Gasteiger partial charge in [-0.05, 0) is 6.07 Å². The van der Waals surface area contributed by atoms with Gasteiger partial charge < -0.3 is 5.73 Å². The first kappa shape index (κ1) is 8.97. The molecule has 2 rings (SSSR count). The fourth-order valence-corrected chi connectivity index (χ4v) is 1.61. The van der Waals surface area contributed by atoms with E-state index in [2.05, 4.69) is 11.7 Å². The van der Waals surface area contributed by atoms with E-state index in [4.69, 9.17) is 5.73 Å². The molecule has 0 radical (unpaired) electrons. The minimum Gasteiger partial charge on any atom is -0.325 e. The Labute approximate surface area is 82.8 Å². The molecule has 0 unspecified atom stereocenters. The highest BCUT2D eigenvalue weighted by Crippen LogP contribution is 2.17. The second-order valence-corrected chi connectivity index (χ2v) is 3.14. The lowest BCUT2D eigenvalue weighted by atomic mass is 10.2. The molecule has 0 bridgehead atoms. The summed E-state index contributed by atoms with van der Waals surface area (Å²) in [5.41, 5.74) is 7.69. The van der Waals surface area contributed by atoms with Gasteiger partial charge in [0.05, 0.1) is 17.8 Å². The quantitative estimate of drug-likeness (QED) is 0.743. The standard InChI is InChI=1S/C11H13N3/c1-2-7-14-11-6-4-3-5-9(11)10(8-12)13-14/h2-6H,1,7-8,12H2. The lowest BCUT2D eigenvalue weighted by molar-refractivity contribution is 0.708. The highest BCUT2D eigenvalue weighted by molar-refractivity contribution is 5.81. The Morgan fingerprint density at radius 1 is 1.43 bits per heavy atom. The molecule has 2 N–H and O–H groups in total. The number of nitrogens with zero attached hydrogens (tertiary/aromatic N) is 2. The molecule has 0 spiro atoms. The van der Waals surface area contributed by atoms with Gasteiger partial charge in [0.2, 0.25) is 0 Å². The van der Waals surface area contributed by atoms with Gasteiger partial charge in [-0.1, -0.05) is 24.3 Å². The lowest BCUT2D eigenvalue weighted by Crippen LogP contribution is -2.01. The van der Waals surface area contributed by atoms with E-state index in [-0.39, 0.29) is 0 Å². The van der Waals surface area contributed by atoms with Crippen LogP contribution in [0.5, 0.6) is 0 Å². The van der Waals surface area contributed by atoms with Crippen LogP contribution in [0, 0.1) is 0 Å². The third-order valence-electron chi connectivity index (χ3n) is 2.23. The van der Waals surface area contributed by atoms with Crippen molar-refractivity contribution in [2.24, 2.45) is 5.73 Å². The minimum absolute atomic E-state index is 0.477. The monoisotopic (exact) mass is 187 g/mol. The maximum Gasteiger partial charge on any atom is 0.0839 e. The van der Waals surface area contributed by atoms with Crippen molar-refractivity contribution in [1.29, 1.82) is 0 Å². The van der Waals surface area contributed by atoms with E-state index in [1.807, 2.05) is 35.0 Å². The summed E-state index contributed by atoms with van der Waals surface area (Å²) in [6.45, 7) is 4.91. The topological polar surface area (TPSA) is 43.8 Å². The van der Waals surface area contributed by atoms with E-state index in [9.17, 15) is 0 Å². The van der Waals surface area contributed by atoms with Crippen molar-refractivity contribution in [3.8, 4) is 0 Å². The third-order valence-corrected chi connectivity index (χ3v) is 2.23. The van der Waals surface area contributed by atoms with Gasteiger partial charge in [-0.15, -0.1) is 6.58 Å². The molecule has 72 valence electrons. The van der Waals surface area contributed by atoms with Crippen molar-refractivity contribution < 1.29 is 0 Å². The van der Waals surface area contributed by atoms with Crippen molar-refractivity contribution in [2.45, 2.75) is 13.1 Å². The highest BCUT2D eigenvalue weighted by atomic mass is 15.3. The molecule has 0 atom stereocenters. The maximum absolute atomic E-state index is 5.62. The van der Waals surface area contributed by atoms with Crippen LogP contribution in [-0.4, -0.2) is 9.78 Å². The molecule has 3 heteroatoms. The van der Waals surface area contributed by atoms with Crippen molar-refractivity contribution >= 4 is 10.9 Å². The molecule has 0 aliphatic carbocycles. The summed E-state index contributed by atoms with van der Waals surface area (Å²) in [5, 5.41) is 5.55. The molecule has 1 aromatic carbocycles. The molecular formula is C11H13N3. The number of para-hydroxylation sites is 1. The van der Waals surface area contributed by atoms with Crippen LogP contribution >= 0.6 is 0 Å². The molecule has 0 fully saturated rings. The Bertz CT molecular complexity index is 457. The SMILES string of the molecule is C=CCn1nc(CN)c2ccccc21. The fourth-order valence-electron chi connectivity index (χ4n) is 1.61. The molecule has 14 heavy (non-hydrogen) atoms. The van der Waals surface area contributed by atoms with E-state index in [0.29, 0.717) is 6.54 Å². The van der Waals surface area contributed by atoms with Crippen LogP contribution in [0.4, 0.5) is 0 Å². The Morgan fingerprint density at radius 2 is 2.21 bits per heavy atom. The normalized spacial score (nSPS) is 10.6. The van der Waals surface area contributed by atoms with Crippen LogP contribution < -0.4 is 5.73 Å². The number of fused-ring (bicyclic) bond motifs is 1. The summed E-state index contributed by atoms with van der Waals surface area (Å²) in [6, 6.07) is 8.10. The van der Waals surface area contributed by atoms with Crippen molar-refractivity contribution in [3.63, 3.8) is 0 Å². The van der Waals surface area contributed by atoms with Gasteiger partial charge in [0.15, 0.2) is 0 Å². The number of hydrogen-bond donors (Lipinski definition) is 1. The number of aromatic nitrogens is 2. The average Bonchev–Trinajstić information content (AvgIpc) is 2.58. The van der Waals surface area contributed by atoms with Gasteiger partial charge in [-0.25, -0.2) is 0 Å². The molecule has 0 amide bonds. The van der Waals surface area contributed by atoms with Crippen LogP contribution in [0.15, 0.2) is 36.9 Å². The summed E-state index contributed by atoms with van der Waals surface area (Å²) in [5.74, 6) is 0. The zero-order valence-corrected chi connectivity index (χ0v) is 7.98. The van der Waals surface area contributed by atoms with E-state index in [1.165, 1.54) is 0 Å². The molecule has 1 heterocycles. The summed E-state index contributed by atoms with van der Waals surface area (Å²) >= 11 is 0. The van der Waals surface area contributed by atoms with Gasteiger partial charge in [0.25, 0.3) is 0 Å². The molecular weight excluding hydrogens is 174 g/mol. The lowest BCUT2D eigenvalue weighted by Gasteiger charge is -1.96. The maximum atomic E-state index is 5.62. The Hall–Kier alpha value is -1.61. The fraction of sp³-hybridized carbons (Fsp3) is 0.182. The first-order valence-electron chi connectivity index (χ1n) is 4.62. The van der Waals surface area contributed by atoms with Crippen molar-refractivity contribution in [2.75, 3.05) is 0 Å². The van der Waals surface area contributed by atoms with Crippen LogP contribution in [0.2, 0.25) is 0 Å². The summed E-state index contributed by atoms with van der Waals surface area (Å²) in [6.07, 6.45) is 1.83. The molecule has 2 aromatic rings. The Kier molecular flexibility index (Phi) is 2.33. The molecule has 3 nitrogen and oxygen atoms in total. The summed E-state index contributed by atoms with van der Waals surface area (Å²) < 4.78 is 1.92. The molecule has 0 aliphatic rings. The third kappa shape index (κ3) is 1.32. The smallest absolute Gasteiger partial charge is 0.0839 e. The first-order valence-corrected chi connectivity index (χ1v) is 4.62. The number of allylic oxidation sites excluding steroid dienone is 1.